The van der Waals surface area contributed by atoms with Crippen LogP contribution in [0.15, 0.2) is 0 Å². The van der Waals surface area contributed by atoms with Gasteiger partial charge in [0.15, 0.2) is 0 Å². The van der Waals surface area contributed by atoms with Crippen LogP contribution in [0.2, 0.25) is 0 Å². The number of carbonyl (C=O) groups excluding carboxylic acids is 3. The molecule has 0 saturated carbocycles. The van der Waals surface area contributed by atoms with Crippen LogP contribution < -0.4 is 5.32 Å². The minimum absolute atomic E-state index is 0.169. The van der Waals surface area contributed by atoms with Crippen LogP contribution in [0.3, 0.4) is 0 Å². The first-order valence-corrected chi connectivity index (χ1v) is 5.52. The Balaban J connectivity index is 2.58. The van der Waals surface area contributed by atoms with Crippen LogP contribution in [0, 0.1) is 0 Å². The summed E-state index contributed by atoms with van der Waals surface area (Å²) in [6.45, 7) is 1.25. The summed E-state index contributed by atoms with van der Waals surface area (Å²) in [6.07, 6.45) is 0.615. The van der Waals surface area contributed by atoms with Crippen LogP contribution in [-0.4, -0.2) is 64.9 Å². The van der Waals surface area contributed by atoms with E-state index >= 15 is 0 Å². The van der Waals surface area contributed by atoms with Crippen molar-refractivity contribution in [2.75, 3.05) is 26.2 Å². The molecule has 0 aromatic rings. The monoisotopic (exact) mass is 257 g/mol. The van der Waals surface area contributed by atoms with Crippen molar-refractivity contribution in [3.05, 3.63) is 0 Å². The number of urea groups is 1. The van der Waals surface area contributed by atoms with Crippen LogP contribution >= 0.6 is 0 Å². The maximum absolute atomic E-state index is 11.8. The normalized spacial score (nSPS) is 14.6. The molecule has 0 atom stereocenters. The lowest BCUT2D eigenvalue weighted by Gasteiger charge is -2.22. The highest BCUT2D eigenvalue weighted by molar-refractivity contribution is 6.03. The molecule has 18 heavy (non-hydrogen) atoms. The number of hydrogen-bond donors (Lipinski definition) is 2. The van der Waals surface area contributed by atoms with Crippen molar-refractivity contribution >= 4 is 23.8 Å². The summed E-state index contributed by atoms with van der Waals surface area (Å²) in [6, 6.07) is -0.625. The van der Waals surface area contributed by atoms with Crippen molar-refractivity contribution in [3.63, 3.8) is 0 Å². The van der Waals surface area contributed by atoms with Gasteiger partial charge in [-0.15, -0.1) is 0 Å². The highest BCUT2D eigenvalue weighted by Crippen LogP contribution is 2.01. The molecule has 1 aliphatic rings. The first-order chi connectivity index (χ1) is 8.43. The molecule has 1 rings (SSSR count). The van der Waals surface area contributed by atoms with E-state index in [9.17, 15) is 19.2 Å². The molecule has 2 N–H and O–H groups in total. The Hall–Kier alpha value is -2.12. The van der Waals surface area contributed by atoms with Crippen LogP contribution in [-0.2, 0) is 14.4 Å². The molecule has 0 aromatic heterocycles. The molecule has 8 heteroatoms. The Morgan fingerprint density at radius 2 is 2.11 bits per heavy atom. The summed E-state index contributed by atoms with van der Waals surface area (Å²) in [4.78, 5) is 46.8. The molecular weight excluding hydrogens is 242 g/mol. The molecule has 0 radical (unpaired) electrons. The summed E-state index contributed by atoms with van der Waals surface area (Å²) < 4.78 is 0. The largest absolute Gasteiger partial charge is 0.480 e. The number of hydrogen-bond acceptors (Lipinski definition) is 4. The van der Waals surface area contributed by atoms with Crippen LogP contribution in [0.4, 0.5) is 4.79 Å². The van der Waals surface area contributed by atoms with Crippen LogP contribution in [0.1, 0.15) is 13.3 Å². The maximum atomic E-state index is 11.8. The van der Waals surface area contributed by atoms with Gasteiger partial charge in [0.25, 0.3) is 0 Å². The van der Waals surface area contributed by atoms with Crippen molar-refractivity contribution in [1.82, 2.24) is 15.1 Å². The van der Waals surface area contributed by atoms with Crippen LogP contribution in [0.5, 0.6) is 0 Å². The Kier molecular flexibility index (Phi) is 4.64. The number of carboxylic acids is 1. The van der Waals surface area contributed by atoms with E-state index in [4.69, 9.17) is 5.11 Å². The third-order valence-corrected chi connectivity index (χ3v) is 2.37. The highest BCUT2D eigenvalue weighted by Gasteiger charge is 2.29. The molecule has 100 valence electrons. The van der Waals surface area contributed by atoms with E-state index in [2.05, 4.69) is 0 Å². The molecule has 1 heterocycles. The van der Waals surface area contributed by atoms with E-state index < -0.39 is 30.4 Å². The Bertz CT molecular complexity index is 382. The molecule has 0 aliphatic carbocycles. The zero-order chi connectivity index (χ0) is 13.7. The maximum Gasteiger partial charge on any atom is 0.325 e. The van der Waals surface area contributed by atoms with E-state index in [1.165, 1.54) is 0 Å². The first kappa shape index (κ1) is 13.9. The second kappa shape index (κ2) is 5.99. The molecule has 1 aliphatic heterocycles. The fourth-order valence-corrected chi connectivity index (χ4v) is 1.60. The molecule has 4 amide bonds. The topological polar surface area (TPSA) is 107 Å². The van der Waals surface area contributed by atoms with E-state index in [0.29, 0.717) is 13.0 Å². The molecule has 0 unspecified atom stereocenters. The predicted octanol–water partition coefficient (Wildman–Crippen LogP) is -1.14. The Morgan fingerprint density at radius 3 is 2.56 bits per heavy atom. The lowest BCUT2D eigenvalue weighted by atomic mass is 10.3. The first-order valence-electron chi connectivity index (χ1n) is 5.52. The smallest absolute Gasteiger partial charge is 0.325 e. The van der Waals surface area contributed by atoms with E-state index in [-0.39, 0.29) is 13.1 Å². The summed E-state index contributed by atoms with van der Waals surface area (Å²) in [7, 11) is 0. The van der Waals surface area contributed by atoms with Crippen LogP contribution in [0.25, 0.3) is 0 Å². The van der Waals surface area contributed by atoms with Crippen molar-refractivity contribution < 1.29 is 24.3 Å². The second-order valence-electron chi connectivity index (χ2n) is 3.92. The number of imide groups is 1. The SMILES string of the molecule is CCCN(CC(=O)O)C(=O)CN1CC(=O)NC1=O. The fourth-order valence-electron chi connectivity index (χ4n) is 1.60. The molecule has 8 nitrogen and oxygen atoms in total. The highest BCUT2D eigenvalue weighted by atomic mass is 16.4. The van der Waals surface area contributed by atoms with Crippen molar-refractivity contribution in [3.8, 4) is 0 Å². The third kappa shape index (κ3) is 3.72. The average Bonchev–Trinajstić information content (AvgIpc) is 2.56. The van der Waals surface area contributed by atoms with Gasteiger partial charge in [0.05, 0.1) is 0 Å². The summed E-state index contributed by atoms with van der Waals surface area (Å²) in [5.41, 5.74) is 0. The minimum Gasteiger partial charge on any atom is -0.480 e. The predicted molar refractivity (Wildman–Crippen MR) is 59.6 cm³/mol. The van der Waals surface area contributed by atoms with Gasteiger partial charge in [-0.2, -0.15) is 0 Å². The number of rotatable bonds is 6. The third-order valence-electron chi connectivity index (χ3n) is 2.37. The number of amides is 4. The van der Waals surface area contributed by atoms with Gasteiger partial charge in [-0.25, -0.2) is 4.79 Å². The molecular formula is C10H15N3O5. The zero-order valence-corrected chi connectivity index (χ0v) is 10.0. The number of nitrogens with zero attached hydrogens (tertiary/aromatic N) is 2. The van der Waals surface area contributed by atoms with E-state index in [1.54, 1.807) is 0 Å². The summed E-state index contributed by atoms with van der Waals surface area (Å²) >= 11 is 0. The Labute approximate surface area is 104 Å². The average molecular weight is 257 g/mol. The van der Waals surface area contributed by atoms with Gasteiger partial charge < -0.3 is 14.9 Å². The quantitative estimate of drug-likeness (QED) is 0.585. The van der Waals surface area contributed by atoms with Crippen molar-refractivity contribution in [1.29, 1.82) is 0 Å². The standard InChI is InChI=1S/C10H15N3O5/c1-2-3-12(6-9(16)17)8(15)5-13-4-7(14)11-10(13)18/h2-6H2,1H3,(H,16,17)(H,11,14,18). The van der Waals surface area contributed by atoms with Gasteiger partial charge in [-0.1, -0.05) is 6.92 Å². The number of carbonyl (C=O) groups is 4. The second-order valence-corrected chi connectivity index (χ2v) is 3.92. The fraction of sp³-hybridized carbons (Fsp3) is 0.600. The van der Waals surface area contributed by atoms with Gasteiger partial charge in [-0.05, 0) is 6.42 Å². The molecule has 0 spiro atoms. The van der Waals surface area contributed by atoms with Gasteiger partial charge in [0.1, 0.15) is 19.6 Å². The van der Waals surface area contributed by atoms with Gasteiger partial charge in [0.2, 0.25) is 11.8 Å². The van der Waals surface area contributed by atoms with Gasteiger partial charge in [-0.3, -0.25) is 19.7 Å². The lowest BCUT2D eigenvalue weighted by Crippen LogP contribution is -2.44. The summed E-state index contributed by atoms with van der Waals surface area (Å²) in [5.74, 6) is -2.06. The molecule has 0 aromatic carbocycles. The van der Waals surface area contributed by atoms with Crippen molar-refractivity contribution in [2.24, 2.45) is 0 Å². The van der Waals surface area contributed by atoms with E-state index in [0.717, 1.165) is 9.80 Å². The summed E-state index contributed by atoms with van der Waals surface area (Å²) in [5, 5.41) is 10.7. The number of carboxylic acid groups (broad SMARTS) is 1. The van der Waals surface area contributed by atoms with Gasteiger partial charge >= 0.3 is 12.0 Å². The van der Waals surface area contributed by atoms with Crippen molar-refractivity contribution in [2.45, 2.75) is 13.3 Å². The zero-order valence-electron chi connectivity index (χ0n) is 10.0. The molecule has 1 saturated heterocycles. The lowest BCUT2D eigenvalue weighted by molar-refractivity contribution is -0.144. The van der Waals surface area contributed by atoms with E-state index in [1.807, 2.05) is 12.2 Å². The van der Waals surface area contributed by atoms with Gasteiger partial charge in [0, 0.05) is 6.54 Å². The number of aliphatic carboxylic acids is 1. The number of nitrogens with one attached hydrogen (secondary N) is 1. The molecule has 1 fully saturated rings. The molecule has 0 bridgehead atoms. The Morgan fingerprint density at radius 1 is 1.44 bits per heavy atom. The minimum atomic E-state index is -1.11.